The number of carboxylic acids is 2. The smallest absolute Gasteiger partial charge is 0.478 e. The molecule has 0 aliphatic rings. The molecular formula is C52H56Cl2F6N6O7. The number of alkyl halides is 6. The van der Waals surface area contributed by atoms with Crippen molar-refractivity contribution in [2.75, 3.05) is 14.1 Å². The quantitative estimate of drug-likeness (QED) is 0.0606. The monoisotopic (exact) mass is 1060 g/mol. The number of nitrogens with one attached hydrogen (secondary N) is 2. The third-order valence-corrected chi connectivity index (χ3v) is 12.6. The molecule has 73 heavy (non-hydrogen) atoms. The topological polar surface area (TPSA) is 162 Å². The van der Waals surface area contributed by atoms with E-state index >= 15 is 0 Å². The summed E-state index contributed by atoms with van der Waals surface area (Å²) in [5, 5.41) is 35.1. The minimum atomic E-state index is -4.78. The number of aliphatic carboxylic acids is 2. The van der Waals surface area contributed by atoms with Crippen LogP contribution in [0.2, 0.25) is 10.0 Å². The Kier molecular flexibility index (Phi) is 17.2. The number of aryl methyl sites for hydroxylation is 1. The van der Waals surface area contributed by atoms with Gasteiger partial charge in [-0.05, 0) is 153 Å². The zero-order chi connectivity index (χ0) is 54.6. The normalized spacial score (nSPS) is 13.8. The third-order valence-electron chi connectivity index (χ3n) is 12.0. The summed E-state index contributed by atoms with van der Waals surface area (Å²) in [7, 11) is 3.54. The molecule has 13 nitrogen and oxygen atoms in total. The van der Waals surface area contributed by atoms with Gasteiger partial charge in [0, 0.05) is 23.4 Å². The summed E-state index contributed by atoms with van der Waals surface area (Å²) >= 11 is 13.0. The molecule has 6 rings (SSSR count). The van der Waals surface area contributed by atoms with Crippen LogP contribution >= 0.6 is 23.2 Å². The van der Waals surface area contributed by atoms with Crippen molar-refractivity contribution >= 4 is 40.8 Å². The van der Waals surface area contributed by atoms with E-state index in [1.54, 1.807) is 68.2 Å². The standard InChI is InChI=1S/C26H27ClF3N3O4.C26H29ClF3N3O3/c1-15(2)33-22(14-20(32-33)16-7-10-18(11-8-16)36-26(28,29)30)25(5,31-6)17-9-12-21(19(27)13-17)37-24(3,4)23(34)35;1-6-13-33-22(15-20(32-33)16-7-9-17(10-8-16)26(28,29)30)25(4,31-5)18-11-12-21(19(27)14-18)36-24(2,3)23(34)35/h7-14,31H,1H2,2-6H3,(H,34,35);7-12,14-15,31H,6,13H2,1-5H3,(H,34,35). The molecule has 0 saturated heterocycles. The summed E-state index contributed by atoms with van der Waals surface area (Å²) in [5.74, 6) is -2.14. The van der Waals surface area contributed by atoms with Gasteiger partial charge in [-0.3, -0.25) is 4.68 Å². The van der Waals surface area contributed by atoms with E-state index < -0.39 is 52.3 Å². The number of aromatic nitrogens is 4. The number of ether oxygens (including phenoxy) is 3. The van der Waals surface area contributed by atoms with Gasteiger partial charge in [-0.1, -0.05) is 61.0 Å². The highest BCUT2D eigenvalue weighted by molar-refractivity contribution is 6.32. The van der Waals surface area contributed by atoms with Gasteiger partial charge in [0.25, 0.3) is 0 Å². The van der Waals surface area contributed by atoms with Crippen molar-refractivity contribution in [1.29, 1.82) is 0 Å². The lowest BCUT2D eigenvalue weighted by molar-refractivity contribution is -0.274. The van der Waals surface area contributed by atoms with Crippen molar-refractivity contribution in [3.8, 4) is 39.8 Å². The molecule has 0 aliphatic heterocycles. The van der Waals surface area contributed by atoms with E-state index in [1.165, 1.54) is 64.1 Å². The van der Waals surface area contributed by atoms with Crippen molar-refractivity contribution in [2.24, 2.45) is 0 Å². The highest BCUT2D eigenvalue weighted by Gasteiger charge is 2.37. The molecule has 0 spiro atoms. The SMILES string of the molecule is C=C(C)n1nc(-c2ccc(OC(F)(F)F)cc2)cc1C(C)(NC)c1ccc(OC(C)(C)C(=O)O)c(Cl)c1.CCCn1nc(-c2ccc(C(F)(F)F)cc2)cc1C(C)(NC)c1ccc(OC(C)(C)C(=O)O)c(Cl)c1. The van der Waals surface area contributed by atoms with Crippen LogP contribution in [0.15, 0.2) is 104 Å². The minimum absolute atomic E-state index is 0.214. The number of carboxylic acid groups (broad SMARTS) is 2. The fourth-order valence-corrected chi connectivity index (χ4v) is 7.87. The Balaban J connectivity index is 0.000000271. The predicted octanol–water partition coefficient (Wildman–Crippen LogP) is 12.7. The molecule has 0 amide bonds. The second kappa shape index (κ2) is 21.9. The lowest BCUT2D eigenvalue weighted by Gasteiger charge is -2.31. The predicted molar refractivity (Wildman–Crippen MR) is 267 cm³/mol. The summed E-state index contributed by atoms with van der Waals surface area (Å²) in [6, 6.07) is 24.1. The van der Waals surface area contributed by atoms with Gasteiger partial charge in [-0.25, -0.2) is 14.3 Å². The van der Waals surface area contributed by atoms with Crippen LogP contribution < -0.4 is 24.8 Å². The molecule has 0 saturated carbocycles. The van der Waals surface area contributed by atoms with Crippen LogP contribution in [0.3, 0.4) is 0 Å². The number of carbonyl (C=O) groups is 2. The molecule has 2 atom stereocenters. The average Bonchev–Trinajstić information content (AvgIpc) is 3.96. The summed E-state index contributed by atoms with van der Waals surface area (Å²) in [5.41, 5.74) is 0.467. The minimum Gasteiger partial charge on any atom is -0.478 e. The summed E-state index contributed by atoms with van der Waals surface area (Å²) in [6.45, 7) is 17.9. The zero-order valence-corrected chi connectivity index (χ0v) is 43.1. The molecule has 0 bridgehead atoms. The maximum absolute atomic E-state index is 13.0. The van der Waals surface area contributed by atoms with E-state index in [-0.39, 0.29) is 27.3 Å². The van der Waals surface area contributed by atoms with E-state index in [0.29, 0.717) is 40.5 Å². The van der Waals surface area contributed by atoms with Crippen LogP contribution in [0, 0.1) is 0 Å². The number of nitrogens with zero attached hydrogens (tertiary/aromatic N) is 4. The molecule has 392 valence electrons. The number of hydrogen-bond acceptors (Lipinski definition) is 9. The maximum atomic E-state index is 13.0. The van der Waals surface area contributed by atoms with Gasteiger partial charge in [0.1, 0.15) is 17.2 Å². The second-order valence-electron chi connectivity index (χ2n) is 18.2. The Morgan fingerprint density at radius 2 is 1.04 bits per heavy atom. The fourth-order valence-electron chi connectivity index (χ4n) is 7.44. The number of allylic oxidation sites excluding steroid dienone is 1. The van der Waals surface area contributed by atoms with Gasteiger partial charge in [-0.2, -0.15) is 23.4 Å². The molecular weight excluding hydrogens is 1010 g/mol. The molecule has 2 unspecified atom stereocenters. The molecule has 4 aromatic carbocycles. The van der Waals surface area contributed by atoms with E-state index in [9.17, 15) is 46.1 Å². The first kappa shape index (κ1) is 57.4. The largest absolute Gasteiger partial charge is 0.573 e. The molecule has 0 radical (unpaired) electrons. The van der Waals surface area contributed by atoms with Crippen LogP contribution in [0.4, 0.5) is 26.3 Å². The summed E-state index contributed by atoms with van der Waals surface area (Å²) < 4.78 is 95.1. The van der Waals surface area contributed by atoms with Crippen LogP contribution in [-0.2, 0) is 33.4 Å². The first-order valence-corrected chi connectivity index (χ1v) is 23.3. The van der Waals surface area contributed by atoms with Gasteiger partial charge in [0.2, 0.25) is 0 Å². The Bertz CT molecular complexity index is 2960. The summed E-state index contributed by atoms with van der Waals surface area (Å²) in [6.07, 6.45) is -8.40. The molecule has 2 aromatic heterocycles. The number of halogens is 8. The first-order valence-electron chi connectivity index (χ1n) is 22.5. The Hall–Kier alpha value is -6.54. The van der Waals surface area contributed by atoms with Crippen molar-refractivity contribution in [3.63, 3.8) is 0 Å². The van der Waals surface area contributed by atoms with Crippen molar-refractivity contribution < 1.29 is 60.4 Å². The molecule has 21 heteroatoms. The molecule has 2 heterocycles. The molecule has 0 fully saturated rings. The van der Waals surface area contributed by atoms with E-state index in [1.807, 2.05) is 31.5 Å². The van der Waals surface area contributed by atoms with Crippen molar-refractivity contribution in [3.05, 3.63) is 142 Å². The van der Waals surface area contributed by atoms with E-state index in [2.05, 4.69) is 32.1 Å². The highest BCUT2D eigenvalue weighted by atomic mass is 35.5. The number of benzene rings is 4. The van der Waals surface area contributed by atoms with Crippen LogP contribution in [-0.4, -0.2) is 73.4 Å². The zero-order valence-electron chi connectivity index (χ0n) is 41.6. The molecule has 6 aromatic rings. The lowest BCUT2D eigenvalue weighted by Crippen LogP contribution is -2.40. The second-order valence-corrected chi connectivity index (χ2v) is 19.0. The van der Waals surface area contributed by atoms with Gasteiger partial charge < -0.3 is 35.1 Å². The van der Waals surface area contributed by atoms with Gasteiger partial charge in [0.05, 0.1) is 49.5 Å². The fraction of sp³-hybridized carbons (Fsp3) is 0.346. The Labute approximate surface area is 428 Å². The van der Waals surface area contributed by atoms with Crippen LogP contribution in [0.5, 0.6) is 17.2 Å². The summed E-state index contributed by atoms with van der Waals surface area (Å²) in [4.78, 5) is 22.9. The average molecular weight is 1060 g/mol. The Morgan fingerprint density at radius 1 is 0.630 bits per heavy atom. The van der Waals surface area contributed by atoms with Crippen molar-refractivity contribution in [2.45, 2.75) is 103 Å². The first-order chi connectivity index (χ1) is 33.8. The van der Waals surface area contributed by atoms with E-state index in [0.717, 1.165) is 35.4 Å². The van der Waals surface area contributed by atoms with Crippen molar-refractivity contribution in [1.82, 2.24) is 30.2 Å². The molecule has 0 aliphatic carbocycles. The van der Waals surface area contributed by atoms with Gasteiger partial charge in [-0.15, -0.1) is 13.2 Å². The van der Waals surface area contributed by atoms with Gasteiger partial charge in [0.15, 0.2) is 11.2 Å². The Morgan fingerprint density at radius 3 is 1.42 bits per heavy atom. The third kappa shape index (κ3) is 13.2. The van der Waals surface area contributed by atoms with Gasteiger partial charge >= 0.3 is 24.5 Å². The number of hydrogen-bond donors (Lipinski definition) is 4. The number of rotatable bonds is 18. The molecule has 4 N–H and O–H groups in total. The maximum Gasteiger partial charge on any atom is 0.573 e. The highest BCUT2D eigenvalue weighted by Crippen LogP contribution is 2.40. The lowest BCUT2D eigenvalue weighted by atomic mass is 9.88. The van der Waals surface area contributed by atoms with Crippen LogP contribution in [0.25, 0.3) is 28.2 Å². The van der Waals surface area contributed by atoms with Crippen LogP contribution in [0.1, 0.15) is 89.9 Å². The van der Waals surface area contributed by atoms with E-state index in [4.69, 9.17) is 32.7 Å².